The summed E-state index contributed by atoms with van der Waals surface area (Å²) in [4.78, 5) is 25.2. The molecule has 6 heteroatoms. The highest BCUT2D eigenvalue weighted by Gasteiger charge is 2.16. The van der Waals surface area contributed by atoms with E-state index in [1.165, 1.54) is 0 Å². The summed E-state index contributed by atoms with van der Waals surface area (Å²) in [5, 5.41) is 5.58. The van der Waals surface area contributed by atoms with Crippen molar-refractivity contribution in [2.24, 2.45) is 0 Å². The summed E-state index contributed by atoms with van der Waals surface area (Å²) in [5.74, 6) is 0.614. The number of benzene rings is 2. The average molecular weight is 380 g/mol. The Balaban J connectivity index is 1.82. The summed E-state index contributed by atoms with van der Waals surface area (Å²) in [6.07, 6.45) is 3.47. The lowest BCUT2D eigenvalue weighted by Gasteiger charge is -2.11. The van der Waals surface area contributed by atoms with Gasteiger partial charge in [-0.05, 0) is 49.2 Å². The third kappa shape index (κ3) is 4.91. The van der Waals surface area contributed by atoms with Crippen LogP contribution in [0.1, 0.15) is 41.3 Å². The van der Waals surface area contributed by atoms with Gasteiger partial charge in [0.2, 0.25) is 6.79 Å². The molecule has 0 aromatic heterocycles. The van der Waals surface area contributed by atoms with Crippen LogP contribution >= 0.6 is 0 Å². The second-order valence-corrected chi connectivity index (χ2v) is 6.60. The van der Waals surface area contributed by atoms with E-state index in [4.69, 9.17) is 9.47 Å². The van der Waals surface area contributed by atoms with E-state index >= 15 is 0 Å². The molecular weight excluding hydrogens is 356 g/mol. The molecule has 2 amide bonds. The number of hydrogen-bond acceptors (Lipinski definition) is 4. The first-order chi connectivity index (χ1) is 13.6. The van der Waals surface area contributed by atoms with E-state index in [-0.39, 0.29) is 24.3 Å². The Bertz CT molecular complexity index is 888. The van der Waals surface area contributed by atoms with Crippen molar-refractivity contribution in [3.05, 3.63) is 64.9 Å². The fraction of sp³-hybridized carbons (Fsp3) is 0.273. The molecule has 0 saturated carbocycles. The molecule has 0 bridgehead atoms. The molecule has 1 heterocycles. The van der Waals surface area contributed by atoms with Gasteiger partial charge in [-0.15, -0.1) is 0 Å². The lowest BCUT2D eigenvalue weighted by Crippen LogP contribution is -2.35. The Hall–Kier alpha value is -3.28. The Morgan fingerprint density at radius 2 is 1.82 bits per heavy atom. The molecule has 0 atom stereocenters. The Morgan fingerprint density at radius 3 is 2.57 bits per heavy atom. The Kier molecular flexibility index (Phi) is 6.32. The van der Waals surface area contributed by atoms with E-state index in [1.54, 1.807) is 30.3 Å². The first kappa shape index (κ1) is 19.5. The topological polar surface area (TPSA) is 76.7 Å². The number of unbranched alkanes of at least 4 members (excludes halogenated alkanes) is 1. The Morgan fingerprint density at radius 1 is 1.07 bits per heavy atom. The molecule has 1 aliphatic rings. The smallest absolute Gasteiger partial charge is 0.267 e. The lowest BCUT2D eigenvalue weighted by atomic mass is 10.1. The minimum absolute atomic E-state index is 0.178. The second kappa shape index (κ2) is 9.08. The zero-order valence-electron chi connectivity index (χ0n) is 16.1. The van der Waals surface area contributed by atoms with Crippen LogP contribution < -0.4 is 20.1 Å². The van der Waals surface area contributed by atoms with Crippen LogP contribution in [0.4, 0.5) is 0 Å². The molecule has 6 nitrogen and oxygen atoms in total. The van der Waals surface area contributed by atoms with E-state index in [2.05, 4.69) is 17.6 Å². The van der Waals surface area contributed by atoms with Gasteiger partial charge in [0.05, 0.1) is 0 Å². The van der Waals surface area contributed by atoms with Crippen LogP contribution in [0.5, 0.6) is 11.5 Å². The maximum atomic E-state index is 12.6. The number of aryl methyl sites for hydroxylation is 1. The van der Waals surface area contributed by atoms with E-state index in [1.807, 2.05) is 25.1 Å². The molecule has 0 spiro atoms. The number of carbonyl (C=O) groups is 2. The van der Waals surface area contributed by atoms with E-state index in [9.17, 15) is 9.59 Å². The van der Waals surface area contributed by atoms with Crippen molar-refractivity contribution >= 4 is 17.9 Å². The molecule has 1 aliphatic heterocycles. The van der Waals surface area contributed by atoms with Gasteiger partial charge in [0.1, 0.15) is 5.70 Å². The molecule has 2 aromatic rings. The maximum Gasteiger partial charge on any atom is 0.267 e. The van der Waals surface area contributed by atoms with Crippen molar-refractivity contribution in [3.63, 3.8) is 0 Å². The number of nitrogens with one attached hydrogen (secondary N) is 2. The third-order valence-corrected chi connectivity index (χ3v) is 4.33. The second-order valence-electron chi connectivity index (χ2n) is 6.60. The predicted molar refractivity (Wildman–Crippen MR) is 107 cm³/mol. The van der Waals surface area contributed by atoms with Gasteiger partial charge in [0, 0.05) is 12.1 Å². The normalized spacial score (nSPS) is 12.6. The fourth-order valence-corrected chi connectivity index (χ4v) is 2.70. The molecule has 0 aliphatic carbocycles. The number of amides is 2. The van der Waals surface area contributed by atoms with E-state index < -0.39 is 0 Å². The highest BCUT2D eigenvalue weighted by molar-refractivity contribution is 6.05. The molecule has 0 saturated heterocycles. The van der Waals surface area contributed by atoms with Crippen molar-refractivity contribution in [3.8, 4) is 11.5 Å². The minimum Gasteiger partial charge on any atom is -0.454 e. The zero-order chi connectivity index (χ0) is 19.9. The average Bonchev–Trinajstić information content (AvgIpc) is 3.16. The molecule has 0 unspecified atom stereocenters. The summed E-state index contributed by atoms with van der Waals surface area (Å²) in [5.41, 5.74) is 2.46. The predicted octanol–water partition coefficient (Wildman–Crippen LogP) is 3.41. The highest BCUT2D eigenvalue weighted by atomic mass is 16.7. The summed E-state index contributed by atoms with van der Waals surface area (Å²) >= 11 is 0. The van der Waals surface area contributed by atoms with Gasteiger partial charge in [-0.25, -0.2) is 0 Å². The zero-order valence-corrected chi connectivity index (χ0v) is 16.1. The quantitative estimate of drug-likeness (QED) is 0.570. The molecule has 146 valence electrons. The summed E-state index contributed by atoms with van der Waals surface area (Å²) in [6, 6.07) is 12.6. The van der Waals surface area contributed by atoms with Gasteiger partial charge in [-0.2, -0.15) is 0 Å². The first-order valence-corrected chi connectivity index (χ1v) is 9.34. The van der Waals surface area contributed by atoms with E-state index in [0.717, 1.165) is 24.0 Å². The first-order valence-electron chi connectivity index (χ1n) is 9.34. The van der Waals surface area contributed by atoms with Gasteiger partial charge in [0.25, 0.3) is 11.8 Å². The van der Waals surface area contributed by atoms with Gasteiger partial charge >= 0.3 is 0 Å². The van der Waals surface area contributed by atoms with Crippen LogP contribution in [-0.4, -0.2) is 25.2 Å². The van der Waals surface area contributed by atoms with Crippen molar-refractivity contribution in [2.45, 2.75) is 26.7 Å². The monoisotopic (exact) mass is 380 g/mol. The summed E-state index contributed by atoms with van der Waals surface area (Å²) in [6.45, 7) is 4.73. The number of fused-ring (bicyclic) bond motifs is 1. The SMILES string of the molecule is CCCCNC(=O)/C(=C/c1ccc2c(c1)OCO2)NC(=O)c1ccc(C)cc1. The third-order valence-electron chi connectivity index (χ3n) is 4.33. The number of rotatable bonds is 7. The Labute approximate surface area is 164 Å². The summed E-state index contributed by atoms with van der Waals surface area (Å²) in [7, 11) is 0. The van der Waals surface area contributed by atoms with Crippen molar-refractivity contribution in [1.29, 1.82) is 0 Å². The standard InChI is InChI=1S/C22H24N2O4/c1-3-4-11-23-22(26)18(24-21(25)17-8-5-15(2)6-9-17)12-16-7-10-19-20(13-16)28-14-27-19/h5-10,12-13H,3-4,11,14H2,1-2H3,(H,23,26)(H,24,25)/b18-12-. The molecular formula is C22H24N2O4. The molecule has 2 N–H and O–H groups in total. The molecule has 3 rings (SSSR count). The van der Waals surface area contributed by atoms with Gasteiger partial charge < -0.3 is 20.1 Å². The van der Waals surface area contributed by atoms with Crippen LogP contribution in [-0.2, 0) is 4.79 Å². The largest absolute Gasteiger partial charge is 0.454 e. The molecule has 0 radical (unpaired) electrons. The number of carbonyl (C=O) groups excluding carboxylic acids is 2. The minimum atomic E-state index is -0.336. The lowest BCUT2D eigenvalue weighted by molar-refractivity contribution is -0.117. The highest BCUT2D eigenvalue weighted by Crippen LogP contribution is 2.33. The van der Waals surface area contributed by atoms with Crippen molar-refractivity contribution in [2.75, 3.05) is 13.3 Å². The van der Waals surface area contributed by atoms with Crippen LogP contribution in [0.3, 0.4) is 0 Å². The van der Waals surface area contributed by atoms with Crippen LogP contribution in [0.2, 0.25) is 0 Å². The van der Waals surface area contributed by atoms with Crippen LogP contribution in [0.15, 0.2) is 48.2 Å². The molecule has 0 fully saturated rings. The van der Waals surface area contributed by atoms with Crippen LogP contribution in [0.25, 0.3) is 6.08 Å². The van der Waals surface area contributed by atoms with Crippen molar-refractivity contribution < 1.29 is 19.1 Å². The van der Waals surface area contributed by atoms with Gasteiger partial charge in [0.15, 0.2) is 11.5 Å². The maximum absolute atomic E-state index is 12.6. The van der Waals surface area contributed by atoms with Gasteiger partial charge in [-0.1, -0.05) is 37.1 Å². The summed E-state index contributed by atoms with van der Waals surface area (Å²) < 4.78 is 10.7. The number of ether oxygens (including phenoxy) is 2. The fourth-order valence-electron chi connectivity index (χ4n) is 2.70. The molecule has 28 heavy (non-hydrogen) atoms. The van der Waals surface area contributed by atoms with E-state index in [0.29, 0.717) is 23.6 Å². The number of hydrogen-bond donors (Lipinski definition) is 2. The van der Waals surface area contributed by atoms with Gasteiger partial charge in [-0.3, -0.25) is 9.59 Å². The molecule has 2 aromatic carbocycles. The van der Waals surface area contributed by atoms with Crippen molar-refractivity contribution in [1.82, 2.24) is 10.6 Å². The van der Waals surface area contributed by atoms with Crippen LogP contribution in [0, 0.1) is 6.92 Å².